The van der Waals surface area contributed by atoms with Gasteiger partial charge in [-0.25, -0.2) is 4.68 Å². The van der Waals surface area contributed by atoms with Crippen molar-refractivity contribution >= 4 is 5.97 Å². The molecule has 0 aliphatic rings. The Morgan fingerprint density at radius 1 is 1.75 bits per heavy atom. The molecule has 0 saturated heterocycles. The standard InChI is InChI=1S/C7H11N3O2/c1-3-12-7(11)5-10-6(2)4-8-9-10/h4H,3,5H2,1-2H3. The molecule has 0 amide bonds. The number of rotatable bonds is 3. The van der Waals surface area contributed by atoms with Gasteiger partial charge < -0.3 is 4.74 Å². The minimum Gasteiger partial charge on any atom is -0.465 e. The largest absolute Gasteiger partial charge is 0.465 e. The van der Waals surface area contributed by atoms with Crippen molar-refractivity contribution in [1.29, 1.82) is 0 Å². The second-order valence-electron chi connectivity index (χ2n) is 2.34. The lowest BCUT2D eigenvalue weighted by Crippen LogP contribution is -2.15. The smallest absolute Gasteiger partial charge is 0.327 e. The highest BCUT2D eigenvalue weighted by Crippen LogP contribution is 1.93. The first kappa shape index (κ1) is 8.70. The fourth-order valence-electron chi connectivity index (χ4n) is 0.794. The van der Waals surface area contributed by atoms with Crippen LogP contribution in [0.15, 0.2) is 6.20 Å². The van der Waals surface area contributed by atoms with Crippen LogP contribution in [0.25, 0.3) is 0 Å². The van der Waals surface area contributed by atoms with E-state index in [1.165, 1.54) is 4.68 Å². The zero-order valence-corrected chi connectivity index (χ0v) is 7.15. The summed E-state index contributed by atoms with van der Waals surface area (Å²) >= 11 is 0. The highest BCUT2D eigenvalue weighted by Gasteiger charge is 2.05. The maximum atomic E-state index is 11.0. The predicted molar refractivity (Wildman–Crippen MR) is 41.4 cm³/mol. The summed E-state index contributed by atoms with van der Waals surface area (Å²) in [6, 6.07) is 0. The third-order valence-electron chi connectivity index (χ3n) is 1.40. The molecule has 0 atom stereocenters. The molecule has 1 rings (SSSR count). The maximum Gasteiger partial charge on any atom is 0.327 e. The van der Waals surface area contributed by atoms with Gasteiger partial charge in [-0.05, 0) is 13.8 Å². The lowest BCUT2D eigenvalue weighted by molar-refractivity contribution is -0.144. The Labute approximate surface area is 70.3 Å². The normalized spacial score (nSPS) is 9.83. The summed E-state index contributed by atoms with van der Waals surface area (Å²) in [6.45, 7) is 4.14. The fourth-order valence-corrected chi connectivity index (χ4v) is 0.794. The third kappa shape index (κ3) is 2.05. The molecule has 0 aliphatic carbocycles. The summed E-state index contributed by atoms with van der Waals surface area (Å²) in [6.07, 6.45) is 1.60. The number of hydrogen-bond acceptors (Lipinski definition) is 4. The Morgan fingerprint density at radius 3 is 3.00 bits per heavy atom. The van der Waals surface area contributed by atoms with E-state index in [-0.39, 0.29) is 12.5 Å². The Morgan fingerprint density at radius 2 is 2.50 bits per heavy atom. The van der Waals surface area contributed by atoms with Crippen LogP contribution in [0, 0.1) is 6.92 Å². The van der Waals surface area contributed by atoms with E-state index in [0.717, 1.165) is 5.69 Å². The molecule has 0 bridgehead atoms. The van der Waals surface area contributed by atoms with Crippen LogP contribution in [-0.2, 0) is 16.1 Å². The molecule has 0 radical (unpaired) electrons. The van der Waals surface area contributed by atoms with Crippen molar-refractivity contribution < 1.29 is 9.53 Å². The SMILES string of the molecule is CCOC(=O)Cn1nncc1C. The second kappa shape index (κ2) is 3.85. The van der Waals surface area contributed by atoms with Gasteiger partial charge in [-0.15, -0.1) is 5.10 Å². The maximum absolute atomic E-state index is 11.0. The van der Waals surface area contributed by atoms with Gasteiger partial charge in [0, 0.05) is 0 Å². The second-order valence-corrected chi connectivity index (χ2v) is 2.34. The molecule has 66 valence electrons. The molecule has 0 fully saturated rings. The molecule has 1 heterocycles. The van der Waals surface area contributed by atoms with Crippen LogP contribution in [0.4, 0.5) is 0 Å². The summed E-state index contributed by atoms with van der Waals surface area (Å²) in [5.74, 6) is -0.286. The van der Waals surface area contributed by atoms with Crippen molar-refractivity contribution in [2.45, 2.75) is 20.4 Å². The molecule has 5 heteroatoms. The highest BCUT2D eigenvalue weighted by molar-refractivity contribution is 5.69. The van der Waals surface area contributed by atoms with Gasteiger partial charge in [0.25, 0.3) is 0 Å². The molecule has 0 saturated carbocycles. The molecule has 0 aliphatic heterocycles. The lowest BCUT2D eigenvalue weighted by Gasteiger charge is -2.01. The van der Waals surface area contributed by atoms with Gasteiger partial charge in [0.2, 0.25) is 0 Å². The predicted octanol–water partition coefficient (Wildman–Crippen LogP) is 0.150. The first-order valence-corrected chi connectivity index (χ1v) is 3.74. The van der Waals surface area contributed by atoms with E-state index in [1.807, 2.05) is 6.92 Å². The molecular weight excluding hydrogens is 158 g/mol. The summed E-state index contributed by atoms with van der Waals surface area (Å²) in [5, 5.41) is 7.34. The van der Waals surface area contributed by atoms with E-state index in [0.29, 0.717) is 6.61 Å². The Balaban J connectivity index is 2.52. The Bertz CT molecular complexity index is 269. The van der Waals surface area contributed by atoms with Gasteiger partial charge in [-0.2, -0.15) is 0 Å². The lowest BCUT2D eigenvalue weighted by atomic mass is 10.5. The molecule has 5 nitrogen and oxygen atoms in total. The number of aromatic nitrogens is 3. The minimum atomic E-state index is -0.286. The first-order chi connectivity index (χ1) is 5.74. The number of aryl methyl sites for hydroxylation is 1. The van der Waals surface area contributed by atoms with Crippen LogP contribution >= 0.6 is 0 Å². The van der Waals surface area contributed by atoms with E-state index in [1.54, 1.807) is 13.1 Å². The number of hydrogen-bond donors (Lipinski definition) is 0. The summed E-state index contributed by atoms with van der Waals surface area (Å²) in [5.41, 5.74) is 0.850. The van der Waals surface area contributed by atoms with Crippen molar-refractivity contribution in [2.75, 3.05) is 6.61 Å². The van der Waals surface area contributed by atoms with Gasteiger partial charge in [-0.3, -0.25) is 4.79 Å². The molecule has 0 spiro atoms. The summed E-state index contributed by atoms with van der Waals surface area (Å²) < 4.78 is 6.24. The van der Waals surface area contributed by atoms with Crippen molar-refractivity contribution in [3.8, 4) is 0 Å². The molecular formula is C7H11N3O2. The summed E-state index contributed by atoms with van der Waals surface area (Å²) in [7, 11) is 0. The average Bonchev–Trinajstić information content (AvgIpc) is 2.37. The topological polar surface area (TPSA) is 57.0 Å². The van der Waals surface area contributed by atoms with Crippen LogP contribution in [-0.4, -0.2) is 27.6 Å². The highest BCUT2D eigenvalue weighted by atomic mass is 16.5. The number of ether oxygens (including phenoxy) is 1. The van der Waals surface area contributed by atoms with Crippen LogP contribution in [0.2, 0.25) is 0 Å². The van der Waals surface area contributed by atoms with Crippen molar-refractivity contribution in [3.05, 3.63) is 11.9 Å². The molecule has 0 aromatic carbocycles. The number of esters is 1. The minimum absolute atomic E-state index is 0.139. The Hall–Kier alpha value is -1.39. The van der Waals surface area contributed by atoms with Crippen LogP contribution in [0.1, 0.15) is 12.6 Å². The monoisotopic (exact) mass is 169 g/mol. The van der Waals surface area contributed by atoms with Crippen molar-refractivity contribution in [3.63, 3.8) is 0 Å². The van der Waals surface area contributed by atoms with Gasteiger partial charge >= 0.3 is 5.97 Å². The van der Waals surface area contributed by atoms with Gasteiger partial charge in [-0.1, -0.05) is 5.21 Å². The number of carbonyl (C=O) groups excluding carboxylic acids is 1. The summed E-state index contributed by atoms with van der Waals surface area (Å²) in [4.78, 5) is 11.0. The molecule has 12 heavy (non-hydrogen) atoms. The van der Waals surface area contributed by atoms with Gasteiger partial charge in [0.15, 0.2) is 0 Å². The zero-order valence-electron chi connectivity index (χ0n) is 7.15. The van der Waals surface area contributed by atoms with E-state index >= 15 is 0 Å². The van der Waals surface area contributed by atoms with E-state index in [4.69, 9.17) is 4.74 Å². The molecule has 1 aromatic rings. The molecule has 0 N–H and O–H groups in total. The van der Waals surface area contributed by atoms with Crippen LogP contribution in [0.5, 0.6) is 0 Å². The fraction of sp³-hybridized carbons (Fsp3) is 0.571. The number of nitrogens with zero attached hydrogens (tertiary/aromatic N) is 3. The van der Waals surface area contributed by atoms with Crippen LogP contribution < -0.4 is 0 Å². The molecule has 1 aromatic heterocycles. The van der Waals surface area contributed by atoms with Gasteiger partial charge in [0.1, 0.15) is 6.54 Å². The van der Waals surface area contributed by atoms with E-state index in [9.17, 15) is 4.79 Å². The van der Waals surface area contributed by atoms with Crippen molar-refractivity contribution in [2.24, 2.45) is 0 Å². The molecule has 0 unspecified atom stereocenters. The Kier molecular flexibility index (Phi) is 2.79. The zero-order chi connectivity index (χ0) is 8.97. The van der Waals surface area contributed by atoms with Crippen molar-refractivity contribution in [1.82, 2.24) is 15.0 Å². The van der Waals surface area contributed by atoms with Crippen LogP contribution in [0.3, 0.4) is 0 Å². The van der Waals surface area contributed by atoms with E-state index < -0.39 is 0 Å². The first-order valence-electron chi connectivity index (χ1n) is 3.74. The van der Waals surface area contributed by atoms with Gasteiger partial charge in [0.05, 0.1) is 18.5 Å². The average molecular weight is 169 g/mol. The quantitative estimate of drug-likeness (QED) is 0.604. The van der Waals surface area contributed by atoms with E-state index in [2.05, 4.69) is 10.3 Å². The number of carbonyl (C=O) groups is 1. The third-order valence-corrected chi connectivity index (χ3v) is 1.40.